The number of nitrogens with zero attached hydrogens (tertiary/aromatic N) is 2. The normalized spacial score (nSPS) is 22.1. The van der Waals surface area contributed by atoms with Crippen molar-refractivity contribution in [1.29, 1.82) is 0 Å². The van der Waals surface area contributed by atoms with Crippen LogP contribution < -0.4 is 10.1 Å². The van der Waals surface area contributed by atoms with Crippen molar-refractivity contribution in [3.05, 3.63) is 77.9 Å². The monoisotopic (exact) mass is 471 g/mol. The minimum Gasteiger partial charge on any atom is -0.494 e. The van der Waals surface area contributed by atoms with Gasteiger partial charge in [0.15, 0.2) is 0 Å². The van der Waals surface area contributed by atoms with Gasteiger partial charge in [0.1, 0.15) is 17.8 Å². The summed E-state index contributed by atoms with van der Waals surface area (Å²) in [5.41, 5.74) is 0.497. The number of carbonyl (C=O) groups is 3. The first-order chi connectivity index (χ1) is 16.9. The van der Waals surface area contributed by atoms with Crippen molar-refractivity contribution in [3.63, 3.8) is 0 Å². The highest BCUT2D eigenvalue weighted by molar-refractivity contribution is 6.09. The van der Waals surface area contributed by atoms with Gasteiger partial charge in [-0.25, -0.2) is 4.79 Å². The molecule has 0 radical (unpaired) electrons. The number of hydrogen-bond acceptors (Lipinski definition) is 4. The summed E-state index contributed by atoms with van der Waals surface area (Å²) in [5.74, 6) is 0.148. The van der Waals surface area contributed by atoms with E-state index in [9.17, 15) is 14.4 Å². The lowest BCUT2D eigenvalue weighted by atomic mass is 9.90. The minimum atomic E-state index is -1.22. The Morgan fingerprint density at radius 1 is 1.06 bits per heavy atom. The molecule has 0 aromatic heterocycles. The third-order valence-corrected chi connectivity index (χ3v) is 7.04. The highest BCUT2D eigenvalue weighted by Crippen LogP contribution is 2.34. The van der Waals surface area contributed by atoms with Gasteiger partial charge in [-0.1, -0.05) is 48.5 Å². The largest absolute Gasteiger partial charge is 0.494 e. The molecule has 2 aliphatic heterocycles. The van der Waals surface area contributed by atoms with E-state index in [-0.39, 0.29) is 18.5 Å². The van der Waals surface area contributed by atoms with Gasteiger partial charge >= 0.3 is 6.03 Å². The standard InChI is InChI=1S/C28H29N3O4/c1-3-35-23-14-11-20(12-15-23)24-9-6-16-30(24)25(32)18-31-26(33)28(2,29-27(31)34)22-13-10-19-7-4-5-8-21(19)17-22/h4-5,7-8,10-15,17,24H,3,6,9,16,18H2,1-2H3,(H,29,34)/t24-,28+/m0/s1. The first kappa shape index (κ1) is 22.9. The number of carbonyl (C=O) groups excluding carboxylic acids is 3. The maximum absolute atomic E-state index is 13.4. The molecule has 2 heterocycles. The molecule has 2 fully saturated rings. The zero-order chi connectivity index (χ0) is 24.6. The van der Waals surface area contributed by atoms with Crippen LogP contribution in [0.2, 0.25) is 0 Å². The summed E-state index contributed by atoms with van der Waals surface area (Å²) >= 11 is 0. The second-order valence-electron chi connectivity index (χ2n) is 9.26. The maximum Gasteiger partial charge on any atom is 0.325 e. The van der Waals surface area contributed by atoms with Crippen molar-refractivity contribution >= 4 is 28.6 Å². The second-order valence-corrected chi connectivity index (χ2v) is 9.26. The van der Waals surface area contributed by atoms with Gasteiger partial charge in [-0.2, -0.15) is 0 Å². The molecular weight excluding hydrogens is 442 g/mol. The summed E-state index contributed by atoms with van der Waals surface area (Å²) in [6.45, 7) is 4.55. The molecule has 3 aromatic rings. The fraction of sp³-hybridized carbons (Fsp3) is 0.321. The van der Waals surface area contributed by atoms with Crippen LogP contribution in [-0.2, 0) is 15.1 Å². The number of hydrogen-bond donors (Lipinski definition) is 1. The molecule has 1 N–H and O–H groups in total. The molecule has 35 heavy (non-hydrogen) atoms. The quantitative estimate of drug-likeness (QED) is 0.542. The Kier molecular flexibility index (Phi) is 5.93. The molecule has 2 aliphatic rings. The van der Waals surface area contributed by atoms with Crippen LogP contribution in [0, 0.1) is 0 Å². The Hall–Kier alpha value is -3.87. The van der Waals surface area contributed by atoms with E-state index in [4.69, 9.17) is 4.74 Å². The predicted octanol–water partition coefficient (Wildman–Crippen LogP) is 4.37. The number of amides is 4. The topological polar surface area (TPSA) is 79.0 Å². The SMILES string of the molecule is CCOc1ccc([C@@H]2CCCN2C(=O)CN2C(=O)N[C@](C)(c3ccc4ccccc4c3)C2=O)cc1. The summed E-state index contributed by atoms with van der Waals surface area (Å²) in [5, 5.41) is 4.86. The van der Waals surface area contributed by atoms with Gasteiger partial charge in [-0.3, -0.25) is 14.5 Å². The number of urea groups is 1. The average molecular weight is 472 g/mol. The summed E-state index contributed by atoms with van der Waals surface area (Å²) in [4.78, 5) is 42.4. The number of imide groups is 1. The van der Waals surface area contributed by atoms with E-state index in [0.29, 0.717) is 18.7 Å². The molecule has 2 saturated heterocycles. The first-order valence-corrected chi connectivity index (χ1v) is 12.1. The maximum atomic E-state index is 13.4. The third kappa shape index (κ3) is 4.11. The van der Waals surface area contributed by atoms with Crippen LogP contribution in [-0.4, -0.2) is 47.3 Å². The molecule has 0 bridgehead atoms. The van der Waals surface area contributed by atoms with Crippen molar-refractivity contribution in [2.75, 3.05) is 19.7 Å². The summed E-state index contributed by atoms with van der Waals surface area (Å²) in [6, 6.07) is 20.7. The fourth-order valence-electron chi connectivity index (χ4n) is 5.13. The number of rotatable bonds is 6. The molecule has 180 valence electrons. The number of likely N-dealkylation sites (tertiary alicyclic amines) is 1. The fourth-order valence-corrected chi connectivity index (χ4v) is 5.13. The Labute approximate surface area is 204 Å². The molecule has 7 nitrogen and oxygen atoms in total. The molecule has 4 amide bonds. The van der Waals surface area contributed by atoms with E-state index in [1.54, 1.807) is 11.8 Å². The lowest BCUT2D eigenvalue weighted by Crippen LogP contribution is -2.44. The van der Waals surface area contributed by atoms with Gasteiger partial charge in [0.2, 0.25) is 5.91 Å². The van der Waals surface area contributed by atoms with Crippen molar-refractivity contribution in [2.45, 2.75) is 38.3 Å². The molecule has 5 rings (SSSR count). The van der Waals surface area contributed by atoms with Gasteiger partial charge < -0.3 is 15.0 Å². The average Bonchev–Trinajstić information content (AvgIpc) is 3.44. The molecule has 2 atom stereocenters. The lowest BCUT2D eigenvalue weighted by molar-refractivity contribution is -0.139. The van der Waals surface area contributed by atoms with Crippen molar-refractivity contribution in [1.82, 2.24) is 15.1 Å². The van der Waals surface area contributed by atoms with Gasteiger partial charge in [0.05, 0.1) is 12.6 Å². The Morgan fingerprint density at radius 3 is 2.54 bits per heavy atom. The highest BCUT2D eigenvalue weighted by Gasteiger charge is 2.50. The number of fused-ring (bicyclic) bond motifs is 1. The molecular formula is C28H29N3O4. The minimum absolute atomic E-state index is 0.0779. The molecule has 0 unspecified atom stereocenters. The summed E-state index contributed by atoms with van der Waals surface area (Å²) in [6.07, 6.45) is 1.72. The Bertz CT molecular complexity index is 1290. The number of benzene rings is 3. The van der Waals surface area contributed by atoms with Gasteiger partial charge in [0, 0.05) is 6.54 Å². The van der Waals surface area contributed by atoms with Crippen molar-refractivity contribution in [3.8, 4) is 5.75 Å². The number of ether oxygens (including phenoxy) is 1. The van der Waals surface area contributed by atoms with Gasteiger partial charge in [-0.05, 0) is 66.8 Å². The molecule has 7 heteroatoms. The lowest BCUT2D eigenvalue weighted by Gasteiger charge is -2.27. The smallest absolute Gasteiger partial charge is 0.325 e. The molecule has 0 spiro atoms. The zero-order valence-electron chi connectivity index (χ0n) is 20.0. The van der Waals surface area contributed by atoms with E-state index >= 15 is 0 Å². The Balaban J connectivity index is 1.33. The van der Waals surface area contributed by atoms with E-state index in [1.807, 2.05) is 73.7 Å². The van der Waals surface area contributed by atoms with Crippen LogP contribution in [0.5, 0.6) is 5.75 Å². The van der Waals surface area contributed by atoms with Crippen LogP contribution in [0.3, 0.4) is 0 Å². The predicted molar refractivity (Wildman–Crippen MR) is 133 cm³/mol. The van der Waals surface area contributed by atoms with Gasteiger partial charge in [-0.15, -0.1) is 0 Å². The van der Waals surface area contributed by atoms with Crippen molar-refractivity contribution in [2.24, 2.45) is 0 Å². The second kappa shape index (κ2) is 9.06. The van der Waals surface area contributed by atoms with Crippen LogP contribution in [0.15, 0.2) is 66.7 Å². The first-order valence-electron chi connectivity index (χ1n) is 12.1. The van der Waals surface area contributed by atoms with Crippen LogP contribution in [0.4, 0.5) is 4.79 Å². The highest BCUT2D eigenvalue weighted by atomic mass is 16.5. The summed E-state index contributed by atoms with van der Waals surface area (Å²) < 4.78 is 5.52. The van der Waals surface area contributed by atoms with E-state index in [1.165, 1.54) is 0 Å². The van der Waals surface area contributed by atoms with E-state index in [2.05, 4.69) is 5.32 Å². The van der Waals surface area contributed by atoms with E-state index in [0.717, 1.165) is 39.8 Å². The molecule has 0 aliphatic carbocycles. The van der Waals surface area contributed by atoms with Gasteiger partial charge in [0.25, 0.3) is 5.91 Å². The molecule has 3 aromatic carbocycles. The number of nitrogens with one attached hydrogen (secondary N) is 1. The van der Waals surface area contributed by atoms with Crippen LogP contribution >= 0.6 is 0 Å². The van der Waals surface area contributed by atoms with Crippen LogP contribution in [0.1, 0.15) is 43.9 Å². The molecule has 0 saturated carbocycles. The van der Waals surface area contributed by atoms with E-state index < -0.39 is 17.5 Å². The zero-order valence-corrected chi connectivity index (χ0v) is 20.0. The van der Waals surface area contributed by atoms with Crippen LogP contribution in [0.25, 0.3) is 10.8 Å². The Morgan fingerprint density at radius 2 is 1.80 bits per heavy atom. The summed E-state index contributed by atoms with van der Waals surface area (Å²) in [7, 11) is 0. The third-order valence-electron chi connectivity index (χ3n) is 7.04. The van der Waals surface area contributed by atoms with Crippen molar-refractivity contribution < 1.29 is 19.1 Å².